The van der Waals surface area contributed by atoms with Gasteiger partial charge in [0.2, 0.25) is 0 Å². The average molecular weight is 287 g/mol. The lowest BCUT2D eigenvalue weighted by Gasteiger charge is -2.20. The Balaban J connectivity index is 2.15. The predicted octanol–water partition coefficient (Wildman–Crippen LogP) is 5.01. The Bertz CT molecular complexity index is 631. The fourth-order valence-electron chi connectivity index (χ4n) is 2.85. The highest BCUT2D eigenvalue weighted by molar-refractivity contribution is 5.85. The van der Waals surface area contributed by atoms with E-state index in [1.54, 1.807) is 12.1 Å². The van der Waals surface area contributed by atoms with Gasteiger partial charge in [-0.25, -0.2) is 0 Å². The number of phenolic OH excluding ortho intramolecular Hbond substituents is 1. The van der Waals surface area contributed by atoms with Crippen molar-refractivity contribution < 1.29 is 5.11 Å². The highest BCUT2D eigenvalue weighted by atomic mass is 16.3. The summed E-state index contributed by atoms with van der Waals surface area (Å²) in [7, 11) is 0. The van der Waals surface area contributed by atoms with Crippen LogP contribution in [0.4, 0.5) is 0 Å². The molecule has 0 bridgehead atoms. The molecule has 0 saturated heterocycles. The van der Waals surface area contributed by atoms with E-state index in [4.69, 9.17) is 0 Å². The van der Waals surface area contributed by atoms with E-state index in [1.807, 2.05) is 18.2 Å². The van der Waals surface area contributed by atoms with Crippen molar-refractivity contribution in [1.29, 1.82) is 0 Å². The second kappa shape index (κ2) is 6.83. The smallest absolute Gasteiger partial charge is 0.115 e. The van der Waals surface area contributed by atoms with E-state index in [0.29, 0.717) is 5.75 Å². The van der Waals surface area contributed by atoms with Crippen molar-refractivity contribution in [2.24, 2.45) is 0 Å². The molecule has 0 spiro atoms. The van der Waals surface area contributed by atoms with Crippen molar-refractivity contribution in [3.63, 3.8) is 0 Å². The molecule has 0 atom stereocenters. The number of aromatic hydroxyl groups is 1. The van der Waals surface area contributed by atoms with Gasteiger partial charge in [0, 0.05) is 5.92 Å². The third-order valence-electron chi connectivity index (χ3n) is 3.88. The maximum atomic E-state index is 9.57. The van der Waals surface area contributed by atoms with Gasteiger partial charge in [0.15, 0.2) is 0 Å². The zero-order chi connectivity index (χ0) is 15.4. The minimum absolute atomic E-state index is 0.294. The van der Waals surface area contributed by atoms with E-state index < -0.39 is 0 Å². The molecule has 2 aromatic rings. The zero-order valence-electron chi connectivity index (χ0n) is 12.7. The molecule has 0 heterocycles. The Morgan fingerprint density at radius 3 is 2.00 bits per heavy atom. The maximum Gasteiger partial charge on any atom is 0.115 e. The van der Waals surface area contributed by atoms with Crippen LogP contribution in [0.3, 0.4) is 0 Å². The molecule has 1 fully saturated rings. The Kier molecular flexibility index (Phi) is 4.62. The molecule has 1 heteroatoms. The number of benzene rings is 2. The van der Waals surface area contributed by atoms with Crippen molar-refractivity contribution in [1.82, 2.24) is 0 Å². The number of allylic oxidation sites excluding steroid dienone is 1. The molecule has 0 aliphatic heterocycles. The van der Waals surface area contributed by atoms with Crippen molar-refractivity contribution in [2.75, 3.05) is 0 Å². The van der Waals surface area contributed by atoms with Gasteiger partial charge in [-0.3, -0.25) is 0 Å². The van der Waals surface area contributed by atoms with Crippen molar-refractivity contribution in [3.8, 4) is 5.75 Å². The van der Waals surface area contributed by atoms with Crippen molar-refractivity contribution in [3.05, 3.63) is 103 Å². The predicted molar refractivity (Wildman–Crippen MR) is 91.3 cm³/mol. The minimum atomic E-state index is 0.294. The van der Waals surface area contributed by atoms with Crippen molar-refractivity contribution >= 4 is 5.57 Å². The van der Waals surface area contributed by atoms with Crippen LogP contribution in [0.1, 0.15) is 24.5 Å². The molecule has 1 N–H and O–H groups in total. The zero-order valence-corrected chi connectivity index (χ0v) is 12.7. The SMILES string of the molecule is CC/C([C]1[CH][CH][CH][CH]1)=C(\c1ccccc1)c1ccc(O)cc1. The van der Waals surface area contributed by atoms with E-state index in [-0.39, 0.29) is 0 Å². The summed E-state index contributed by atoms with van der Waals surface area (Å²) in [4.78, 5) is 0. The Labute approximate surface area is 133 Å². The second-order valence-electron chi connectivity index (χ2n) is 5.29. The number of phenols is 1. The highest BCUT2D eigenvalue weighted by Crippen LogP contribution is 2.39. The summed E-state index contributed by atoms with van der Waals surface area (Å²) in [6.07, 6.45) is 9.41. The van der Waals surface area contributed by atoms with Crippen LogP contribution < -0.4 is 0 Å². The van der Waals surface area contributed by atoms with Gasteiger partial charge in [0.1, 0.15) is 5.75 Å². The van der Waals surface area contributed by atoms with Crippen LogP contribution in [0.25, 0.3) is 5.57 Å². The maximum absolute atomic E-state index is 9.57. The Morgan fingerprint density at radius 2 is 1.41 bits per heavy atom. The average Bonchev–Trinajstić information content (AvgIpc) is 3.08. The molecule has 5 radical (unpaired) electrons. The summed E-state index contributed by atoms with van der Waals surface area (Å²) < 4.78 is 0. The summed E-state index contributed by atoms with van der Waals surface area (Å²) in [5.74, 6) is 1.55. The fraction of sp³-hybridized carbons (Fsp3) is 0.0952. The number of hydrogen-bond acceptors (Lipinski definition) is 1. The van der Waals surface area contributed by atoms with Crippen LogP contribution in [0, 0.1) is 31.6 Å². The van der Waals surface area contributed by atoms with Crippen LogP contribution in [-0.2, 0) is 0 Å². The topological polar surface area (TPSA) is 20.2 Å². The molecule has 22 heavy (non-hydrogen) atoms. The summed E-state index contributed by atoms with van der Waals surface area (Å²) in [5, 5.41) is 9.57. The largest absolute Gasteiger partial charge is 0.508 e. The van der Waals surface area contributed by atoms with Gasteiger partial charge in [0.05, 0.1) is 0 Å². The molecule has 1 aliphatic carbocycles. The molecule has 3 rings (SSSR count). The first-order chi connectivity index (χ1) is 10.8. The molecular formula is C21H19O. The highest BCUT2D eigenvalue weighted by Gasteiger charge is 2.24. The molecule has 1 nitrogen and oxygen atoms in total. The van der Waals surface area contributed by atoms with E-state index in [0.717, 1.165) is 12.0 Å². The monoisotopic (exact) mass is 287 g/mol. The van der Waals surface area contributed by atoms with Crippen molar-refractivity contribution in [2.45, 2.75) is 13.3 Å². The molecule has 109 valence electrons. The number of rotatable bonds is 4. The van der Waals surface area contributed by atoms with Gasteiger partial charge in [-0.15, -0.1) is 0 Å². The van der Waals surface area contributed by atoms with Crippen LogP contribution in [0.5, 0.6) is 5.75 Å². The third-order valence-corrected chi connectivity index (χ3v) is 3.88. The quantitative estimate of drug-likeness (QED) is 0.838. The van der Waals surface area contributed by atoms with Gasteiger partial charge in [-0.2, -0.15) is 0 Å². The molecule has 1 aliphatic rings. The lowest BCUT2D eigenvalue weighted by Crippen LogP contribution is -2.02. The Hall–Kier alpha value is -2.02. The normalized spacial score (nSPS) is 16.6. The lowest BCUT2D eigenvalue weighted by molar-refractivity contribution is 0.475. The van der Waals surface area contributed by atoms with E-state index >= 15 is 0 Å². The standard InChI is InChI=1S/C21H19O/c1-2-20(16-8-6-7-9-16)21(17-10-4-3-5-11-17)18-12-14-19(22)15-13-18/h3-15,22H,2H2,1H3/b21-20-. The summed E-state index contributed by atoms with van der Waals surface area (Å²) in [6, 6.07) is 17.9. The molecule has 0 aromatic heterocycles. The first-order valence-corrected chi connectivity index (χ1v) is 7.59. The van der Waals surface area contributed by atoms with Crippen LogP contribution in [0.2, 0.25) is 0 Å². The fourth-order valence-corrected chi connectivity index (χ4v) is 2.85. The molecular weight excluding hydrogens is 268 g/mol. The summed E-state index contributed by atoms with van der Waals surface area (Å²) in [6.45, 7) is 2.19. The number of hydrogen-bond donors (Lipinski definition) is 1. The molecule has 2 aromatic carbocycles. The second-order valence-corrected chi connectivity index (χ2v) is 5.29. The van der Waals surface area contributed by atoms with Crippen LogP contribution in [0.15, 0.2) is 60.2 Å². The lowest BCUT2D eigenvalue weighted by atomic mass is 9.84. The van der Waals surface area contributed by atoms with Crippen LogP contribution in [-0.4, -0.2) is 5.11 Å². The van der Waals surface area contributed by atoms with E-state index in [1.165, 1.54) is 22.6 Å². The first-order valence-electron chi connectivity index (χ1n) is 7.59. The first kappa shape index (κ1) is 14.9. The van der Waals surface area contributed by atoms with E-state index in [9.17, 15) is 5.11 Å². The van der Waals surface area contributed by atoms with Gasteiger partial charge in [0.25, 0.3) is 0 Å². The molecule has 0 unspecified atom stereocenters. The van der Waals surface area contributed by atoms with E-state index in [2.05, 4.69) is 56.9 Å². The third kappa shape index (κ3) is 3.09. The summed E-state index contributed by atoms with van der Waals surface area (Å²) in [5.41, 5.74) is 4.88. The van der Waals surface area contributed by atoms with Crippen LogP contribution >= 0.6 is 0 Å². The van der Waals surface area contributed by atoms with Gasteiger partial charge in [-0.1, -0.05) is 55.0 Å². The molecule has 1 saturated carbocycles. The Morgan fingerprint density at radius 1 is 0.818 bits per heavy atom. The molecule has 0 amide bonds. The van der Waals surface area contributed by atoms with Gasteiger partial charge in [-0.05, 0) is 60.9 Å². The van der Waals surface area contributed by atoms with Gasteiger partial charge >= 0.3 is 0 Å². The van der Waals surface area contributed by atoms with Gasteiger partial charge < -0.3 is 5.11 Å². The summed E-state index contributed by atoms with van der Waals surface area (Å²) >= 11 is 0. The minimum Gasteiger partial charge on any atom is -0.508 e.